The molecule has 3 atom stereocenters. The van der Waals surface area contributed by atoms with E-state index in [0.29, 0.717) is 19.4 Å². The molecule has 0 N–H and O–H groups in total. The summed E-state index contributed by atoms with van der Waals surface area (Å²) in [7, 11) is 0. The van der Waals surface area contributed by atoms with E-state index in [1.54, 1.807) is 11.8 Å². The number of nitrogens with zero attached hydrogens (tertiary/aromatic N) is 5. The normalized spacial score (nSPS) is 13.8. The van der Waals surface area contributed by atoms with Crippen LogP contribution in [-0.2, 0) is 9.53 Å². The molecule has 0 bridgehead atoms. The third kappa shape index (κ3) is 7.33. The Hall–Kier alpha value is -2.45. The number of carbonyl (C=O) groups is 3. The number of esters is 1. The first kappa shape index (κ1) is 26.6. The lowest BCUT2D eigenvalue weighted by molar-refractivity contribution is -0.137. The average Bonchev–Trinajstić information content (AvgIpc) is 3.24. The van der Waals surface area contributed by atoms with Crippen molar-refractivity contribution >= 4 is 29.0 Å². The van der Waals surface area contributed by atoms with Crippen molar-refractivity contribution < 1.29 is 19.1 Å². The molecule has 1 amide bonds. The lowest BCUT2D eigenvalue weighted by Gasteiger charge is -2.36. The van der Waals surface area contributed by atoms with Gasteiger partial charge < -0.3 is 9.64 Å². The number of amides is 1. The number of hydrogen-bond acceptors (Lipinski definition) is 7. The van der Waals surface area contributed by atoms with Crippen molar-refractivity contribution in [3.8, 4) is 0 Å². The minimum Gasteiger partial charge on any atom is -0.461 e. The number of rotatable bonds is 13. The van der Waals surface area contributed by atoms with Crippen molar-refractivity contribution in [1.82, 2.24) is 9.88 Å². The SMILES string of the molecule is CCCN(C(=O)[C@@H](N=[N+]=[N-])C(C)CC)C(CC(=O)c1nc(C(=O)OCC)cs1)C(C)C. The highest BCUT2D eigenvalue weighted by Gasteiger charge is 2.34. The molecule has 0 saturated carbocycles. The van der Waals surface area contributed by atoms with Gasteiger partial charge in [-0.3, -0.25) is 9.59 Å². The smallest absolute Gasteiger partial charge is 0.357 e. The zero-order chi connectivity index (χ0) is 23.6. The van der Waals surface area contributed by atoms with E-state index in [4.69, 9.17) is 10.3 Å². The van der Waals surface area contributed by atoms with Crippen molar-refractivity contribution in [3.63, 3.8) is 0 Å². The molecule has 2 unspecified atom stereocenters. The predicted octanol–water partition coefficient (Wildman–Crippen LogP) is 4.88. The Kier molecular flexibility index (Phi) is 11.2. The van der Waals surface area contributed by atoms with Crippen LogP contribution in [0.25, 0.3) is 10.4 Å². The Labute approximate surface area is 187 Å². The standard InChI is InChI=1S/C21H33N5O4S/c1-7-10-26(20(28)18(24-25-22)14(6)8-2)16(13(4)5)11-17(27)19-23-15(12-31-19)21(29)30-9-3/h12-14,16,18H,7-11H2,1-6H3/t14?,16?,18-/m0/s1. The Balaban J connectivity index is 3.15. The first-order chi connectivity index (χ1) is 14.7. The quantitative estimate of drug-likeness (QED) is 0.139. The maximum absolute atomic E-state index is 13.3. The summed E-state index contributed by atoms with van der Waals surface area (Å²) in [5.74, 6) is -1.18. The summed E-state index contributed by atoms with van der Waals surface area (Å²) < 4.78 is 4.93. The highest BCUT2D eigenvalue weighted by atomic mass is 32.1. The fraction of sp³-hybridized carbons (Fsp3) is 0.714. The Morgan fingerprint density at radius 3 is 2.45 bits per heavy atom. The molecule has 0 aromatic carbocycles. The second-order valence-corrected chi connectivity index (χ2v) is 8.62. The molecule has 1 aromatic heterocycles. The lowest BCUT2D eigenvalue weighted by Crippen LogP contribution is -2.49. The van der Waals surface area contributed by atoms with Crippen molar-refractivity contribution in [2.24, 2.45) is 17.0 Å². The van der Waals surface area contributed by atoms with E-state index in [0.717, 1.165) is 11.3 Å². The Morgan fingerprint density at radius 2 is 1.94 bits per heavy atom. The molecule has 9 nitrogen and oxygen atoms in total. The number of aromatic nitrogens is 1. The van der Waals surface area contributed by atoms with E-state index < -0.39 is 12.0 Å². The van der Waals surface area contributed by atoms with Crippen LogP contribution in [0.5, 0.6) is 0 Å². The number of ketones is 1. The average molecular weight is 452 g/mol. The first-order valence-electron chi connectivity index (χ1n) is 10.7. The predicted molar refractivity (Wildman–Crippen MR) is 120 cm³/mol. The Bertz CT molecular complexity index is 803. The monoisotopic (exact) mass is 451 g/mol. The van der Waals surface area contributed by atoms with Crippen LogP contribution in [0.15, 0.2) is 10.5 Å². The summed E-state index contributed by atoms with van der Waals surface area (Å²) in [4.78, 5) is 46.8. The molecule has 1 heterocycles. The van der Waals surface area contributed by atoms with E-state index in [9.17, 15) is 14.4 Å². The third-order valence-electron chi connectivity index (χ3n) is 5.15. The number of carbonyl (C=O) groups excluding carboxylic acids is 3. The van der Waals surface area contributed by atoms with Crippen LogP contribution < -0.4 is 0 Å². The van der Waals surface area contributed by atoms with Gasteiger partial charge in [0, 0.05) is 29.3 Å². The van der Waals surface area contributed by atoms with Crippen LogP contribution in [0, 0.1) is 11.8 Å². The van der Waals surface area contributed by atoms with Gasteiger partial charge in [0.25, 0.3) is 0 Å². The topological polar surface area (TPSA) is 125 Å². The molecular weight excluding hydrogens is 418 g/mol. The van der Waals surface area contributed by atoms with Gasteiger partial charge in [-0.1, -0.05) is 46.2 Å². The summed E-state index contributed by atoms with van der Waals surface area (Å²) in [6, 6.07) is -1.19. The maximum atomic E-state index is 13.3. The van der Waals surface area contributed by atoms with Crippen LogP contribution in [0.2, 0.25) is 0 Å². The third-order valence-corrected chi connectivity index (χ3v) is 6.03. The molecule has 31 heavy (non-hydrogen) atoms. The number of azide groups is 1. The fourth-order valence-corrected chi connectivity index (χ4v) is 3.96. The van der Waals surface area contributed by atoms with E-state index >= 15 is 0 Å². The number of Topliss-reactive ketones (excluding diaryl/α,β-unsaturated/α-hetero) is 1. The maximum Gasteiger partial charge on any atom is 0.357 e. The van der Waals surface area contributed by atoms with Gasteiger partial charge in [0.1, 0.15) is 6.04 Å². The van der Waals surface area contributed by atoms with Crippen molar-refractivity contribution in [2.45, 2.75) is 72.9 Å². The van der Waals surface area contributed by atoms with Crippen molar-refractivity contribution in [1.29, 1.82) is 0 Å². The van der Waals surface area contributed by atoms with E-state index in [1.807, 2.05) is 34.6 Å². The molecule has 0 aliphatic carbocycles. The van der Waals surface area contributed by atoms with E-state index in [2.05, 4.69) is 15.0 Å². The zero-order valence-corrected chi connectivity index (χ0v) is 20.0. The molecular formula is C21H33N5O4S. The van der Waals surface area contributed by atoms with E-state index in [1.165, 1.54) is 5.38 Å². The lowest BCUT2D eigenvalue weighted by atomic mass is 9.93. The minimum atomic E-state index is -0.812. The summed E-state index contributed by atoms with van der Waals surface area (Å²) in [6.07, 6.45) is 1.47. The summed E-state index contributed by atoms with van der Waals surface area (Å²) in [5.41, 5.74) is 9.07. The number of ether oxygens (including phenoxy) is 1. The van der Waals surface area contributed by atoms with Gasteiger partial charge >= 0.3 is 5.97 Å². The van der Waals surface area contributed by atoms with Crippen LogP contribution in [-0.4, -0.2) is 52.8 Å². The van der Waals surface area contributed by atoms with Gasteiger partial charge in [-0.2, -0.15) is 0 Å². The Morgan fingerprint density at radius 1 is 1.26 bits per heavy atom. The van der Waals surface area contributed by atoms with Crippen molar-refractivity contribution in [2.75, 3.05) is 13.2 Å². The molecule has 0 fully saturated rings. The van der Waals surface area contributed by atoms with Gasteiger partial charge in [-0.05, 0) is 30.7 Å². The highest BCUT2D eigenvalue weighted by molar-refractivity contribution is 7.11. The highest BCUT2D eigenvalue weighted by Crippen LogP contribution is 2.24. The molecule has 0 saturated heterocycles. The van der Waals surface area contributed by atoms with Crippen LogP contribution in [0.1, 0.15) is 81.1 Å². The molecule has 1 rings (SSSR count). The van der Waals surface area contributed by atoms with Crippen LogP contribution in [0.3, 0.4) is 0 Å². The van der Waals surface area contributed by atoms with Crippen molar-refractivity contribution in [3.05, 3.63) is 26.5 Å². The van der Waals surface area contributed by atoms with Gasteiger partial charge in [0.05, 0.1) is 6.61 Å². The summed E-state index contributed by atoms with van der Waals surface area (Å²) >= 11 is 1.09. The van der Waals surface area contributed by atoms with E-state index in [-0.39, 0.29) is 53.3 Å². The molecule has 172 valence electrons. The molecule has 0 spiro atoms. The first-order valence-corrected chi connectivity index (χ1v) is 11.6. The number of hydrogen-bond donors (Lipinski definition) is 0. The minimum absolute atomic E-state index is 0.00686. The summed E-state index contributed by atoms with van der Waals surface area (Å²) in [5, 5.41) is 5.48. The molecule has 1 aromatic rings. The number of thiazole rings is 1. The fourth-order valence-electron chi connectivity index (χ4n) is 3.22. The largest absolute Gasteiger partial charge is 0.461 e. The molecule has 0 aliphatic heterocycles. The van der Waals surface area contributed by atoms with Crippen LogP contribution >= 0.6 is 11.3 Å². The van der Waals surface area contributed by atoms with Gasteiger partial charge in [0.2, 0.25) is 5.91 Å². The van der Waals surface area contributed by atoms with Gasteiger partial charge in [-0.25, -0.2) is 9.78 Å². The summed E-state index contributed by atoms with van der Waals surface area (Å²) in [6.45, 7) is 12.1. The molecule has 10 heteroatoms. The zero-order valence-electron chi connectivity index (χ0n) is 19.2. The van der Waals surface area contributed by atoms with Crippen LogP contribution in [0.4, 0.5) is 0 Å². The molecule has 0 radical (unpaired) electrons. The molecule has 0 aliphatic rings. The van der Waals surface area contributed by atoms with Gasteiger partial charge in [-0.15, -0.1) is 11.3 Å². The second-order valence-electron chi connectivity index (χ2n) is 7.76. The van der Waals surface area contributed by atoms with Gasteiger partial charge in [0.15, 0.2) is 16.5 Å². The second kappa shape index (κ2) is 13.1.